The molecule has 0 aliphatic heterocycles. The summed E-state index contributed by atoms with van der Waals surface area (Å²) in [5.74, 6) is 0.960. The highest BCUT2D eigenvalue weighted by molar-refractivity contribution is 7.09. The Bertz CT molecular complexity index is 478. The fraction of sp³-hybridized carbons (Fsp3) is 0.412. The minimum Gasteiger partial charge on any atom is -0.494 e. The summed E-state index contributed by atoms with van der Waals surface area (Å²) in [7, 11) is 0. The Labute approximate surface area is 125 Å². The van der Waals surface area contributed by atoms with Gasteiger partial charge in [-0.15, -0.1) is 11.3 Å². The number of hydrogen-bond acceptors (Lipinski definition) is 3. The quantitative estimate of drug-likeness (QED) is 0.784. The third kappa shape index (κ3) is 4.99. The zero-order valence-electron chi connectivity index (χ0n) is 12.3. The standard InChI is InChI=1S/C17H23NOS/c1-3-10-19-16-8-6-15(7-9-16)13-18-14(2)12-17-5-4-11-20-17/h4-9,11,14,18H,3,10,12-13H2,1-2H3. The van der Waals surface area contributed by atoms with E-state index >= 15 is 0 Å². The van der Waals surface area contributed by atoms with E-state index in [9.17, 15) is 0 Å². The molecule has 1 aromatic carbocycles. The summed E-state index contributed by atoms with van der Waals surface area (Å²) in [6.07, 6.45) is 2.14. The fourth-order valence-corrected chi connectivity index (χ4v) is 2.85. The zero-order chi connectivity index (χ0) is 14.2. The van der Waals surface area contributed by atoms with Gasteiger partial charge in [0, 0.05) is 17.5 Å². The van der Waals surface area contributed by atoms with E-state index in [0.29, 0.717) is 6.04 Å². The van der Waals surface area contributed by atoms with Gasteiger partial charge in [0.2, 0.25) is 0 Å². The minimum absolute atomic E-state index is 0.490. The van der Waals surface area contributed by atoms with Crippen molar-refractivity contribution in [2.75, 3.05) is 6.61 Å². The van der Waals surface area contributed by atoms with Crippen molar-refractivity contribution in [3.8, 4) is 5.75 Å². The number of nitrogens with one attached hydrogen (secondary N) is 1. The Morgan fingerprint density at radius 2 is 2.00 bits per heavy atom. The van der Waals surface area contributed by atoms with Crippen LogP contribution in [0.3, 0.4) is 0 Å². The lowest BCUT2D eigenvalue weighted by Gasteiger charge is -2.13. The van der Waals surface area contributed by atoms with E-state index < -0.39 is 0 Å². The maximum absolute atomic E-state index is 5.59. The van der Waals surface area contributed by atoms with Gasteiger partial charge in [0.05, 0.1) is 6.61 Å². The van der Waals surface area contributed by atoms with Gasteiger partial charge < -0.3 is 10.1 Å². The predicted molar refractivity (Wildman–Crippen MR) is 86.6 cm³/mol. The third-order valence-corrected chi connectivity index (χ3v) is 4.04. The van der Waals surface area contributed by atoms with Crippen LogP contribution in [-0.4, -0.2) is 12.6 Å². The first-order chi connectivity index (χ1) is 9.78. The first-order valence-electron chi connectivity index (χ1n) is 7.25. The summed E-state index contributed by atoms with van der Waals surface area (Å²) in [6.45, 7) is 6.04. The normalized spacial score (nSPS) is 12.3. The lowest BCUT2D eigenvalue weighted by atomic mass is 10.1. The number of thiophene rings is 1. The zero-order valence-corrected chi connectivity index (χ0v) is 13.1. The van der Waals surface area contributed by atoms with Crippen LogP contribution >= 0.6 is 11.3 Å². The molecule has 2 rings (SSSR count). The molecule has 108 valence electrons. The highest BCUT2D eigenvalue weighted by Crippen LogP contribution is 2.14. The van der Waals surface area contributed by atoms with Gasteiger partial charge in [-0.05, 0) is 48.9 Å². The predicted octanol–water partition coefficient (Wildman–Crippen LogP) is 4.26. The van der Waals surface area contributed by atoms with Crippen molar-refractivity contribution < 1.29 is 4.74 Å². The van der Waals surface area contributed by atoms with Crippen LogP contribution in [0, 0.1) is 0 Å². The molecule has 20 heavy (non-hydrogen) atoms. The van der Waals surface area contributed by atoms with E-state index in [1.807, 2.05) is 11.3 Å². The summed E-state index contributed by atoms with van der Waals surface area (Å²) in [5.41, 5.74) is 1.30. The van der Waals surface area contributed by atoms with Crippen molar-refractivity contribution in [1.82, 2.24) is 5.32 Å². The maximum Gasteiger partial charge on any atom is 0.119 e. The monoisotopic (exact) mass is 289 g/mol. The molecule has 3 heteroatoms. The van der Waals surface area contributed by atoms with Gasteiger partial charge in [-0.25, -0.2) is 0 Å². The van der Waals surface area contributed by atoms with Crippen LogP contribution in [-0.2, 0) is 13.0 Å². The molecule has 2 nitrogen and oxygen atoms in total. The highest BCUT2D eigenvalue weighted by atomic mass is 32.1. The van der Waals surface area contributed by atoms with Crippen LogP contribution in [0.2, 0.25) is 0 Å². The van der Waals surface area contributed by atoms with E-state index in [2.05, 4.69) is 60.9 Å². The van der Waals surface area contributed by atoms with E-state index in [-0.39, 0.29) is 0 Å². The number of benzene rings is 1. The SMILES string of the molecule is CCCOc1ccc(CNC(C)Cc2cccs2)cc1. The smallest absolute Gasteiger partial charge is 0.119 e. The van der Waals surface area contributed by atoms with Crippen LogP contribution in [0.15, 0.2) is 41.8 Å². The van der Waals surface area contributed by atoms with Crippen molar-refractivity contribution >= 4 is 11.3 Å². The summed E-state index contributed by atoms with van der Waals surface area (Å²) in [5, 5.41) is 5.70. The second kappa shape index (κ2) is 8.08. The number of rotatable bonds is 8. The Balaban J connectivity index is 1.75. The summed E-state index contributed by atoms with van der Waals surface area (Å²) in [4.78, 5) is 1.44. The van der Waals surface area contributed by atoms with Gasteiger partial charge in [0.15, 0.2) is 0 Å². The second-order valence-corrected chi connectivity index (χ2v) is 6.09. The molecule has 0 radical (unpaired) electrons. The number of ether oxygens (including phenoxy) is 1. The Kier molecular flexibility index (Phi) is 6.09. The maximum atomic E-state index is 5.59. The van der Waals surface area contributed by atoms with Gasteiger partial charge >= 0.3 is 0 Å². The molecule has 0 spiro atoms. The van der Waals surface area contributed by atoms with Crippen molar-refractivity contribution in [2.45, 2.75) is 39.3 Å². The summed E-state index contributed by atoms with van der Waals surface area (Å²) in [6, 6.07) is 13.2. The molecule has 1 N–H and O–H groups in total. The molecular formula is C17H23NOS. The van der Waals surface area contributed by atoms with Gasteiger partial charge in [-0.2, -0.15) is 0 Å². The van der Waals surface area contributed by atoms with Crippen molar-refractivity contribution in [3.05, 3.63) is 52.2 Å². The van der Waals surface area contributed by atoms with E-state index in [4.69, 9.17) is 4.74 Å². The molecule has 0 amide bonds. The fourth-order valence-electron chi connectivity index (χ4n) is 2.02. The lowest BCUT2D eigenvalue weighted by Crippen LogP contribution is -2.27. The first-order valence-corrected chi connectivity index (χ1v) is 8.13. The van der Waals surface area contributed by atoms with Crippen LogP contribution in [0.4, 0.5) is 0 Å². The average Bonchev–Trinajstić information content (AvgIpc) is 2.97. The molecule has 2 aromatic rings. The molecule has 0 saturated heterocycles. The molecule has 0 aliphatic carbocycles. The Morgan fingerprint density at radius 3 is 2.65 bits per heavy atom. The Hall–Kier alpha value is -1.32. The lowest BCUT2D eigenvalue weighted by molar-refractivity contribution is 0.317. The summed E-state index contributed by atoms with van der Waals surface area (Å²) >= 11 is 1.83. The van der Waals surface area contributed by atoms with Gasteiger partial charge in [0.1, 0.15) is 5.75 Å². The molecule has 0 saturated carbocycles. The third-order valence-electron chi connectivity index (χ3n) is 3.14. The molecule has 1 unspecified atom stereocenters. The van der Waals surface area contributed by atoms with E-state index in [1.165, 1.54) is 10.4 Å². The first kappa shape index (κ1) is 15.1. The van der Waals surface area contributed by atoms with Gasteiger partial charge in [0.25, 0.3) is 0 Å². The molecule has 0 aliphatic rings. The largest absolute Gasteiger partial charge is 0.494 e. The van der Waals surface area contributed by atoms with Crippen molar-refractivity contribution in [2.24, 2.45) is 0 Å². The molecular weight excluding hydrogens is 266 g/mol. The summed E-state index contributed by atoms with van der Waals surface area (Å²) < 4.78 is 5.59. The van der Waals surface area contributed by atoms with E-state index in [0.717, 1.165) is 31.7 Å². The van der Waals surface area contributed by atoms with Crippen LogP contribution in [0.25, 0.3) is 0 Å². The van der Waals surface area contributed by atoms with Crippen molar-refractivity contribution in [1.29, 1.82) is 0 Å². The van der Waals surface area contributed by atoms with Crippen LogP contribution < -0.4 is 10.1 Å². The topological polar surface area (TPSA) is 21.3 Å². The van der Waals surface area contributed by atoms with Gasteiger partial charge in [-0.3, -0.25) is 0 Å². The molecule has 1 heterocycles. The van der Waals surface area contributed by atoms with Crippen LogP contribution in [0.1, 0.15) is 30.7 Å². The number of hydrogen-bond donors (Lipinski definition) is 1. The average molecular weight is 289 g/mol. The molecule has 1 aromatic heterocycles. The molecule has 0 fully saturated rings. The van der Waals surface area contributed by atoms with Crippen LogP contribution in [0.5, 0.6) is 5.75 Å². The van der Waals surface area contributed by atoms with Crippen molar-refractivity contribution in [3.63, 3.8) is 0 Å². The van der Waals surface area contributed by atoms with E-state index in [1.54, 1.807) is 0 Å². The minimum atomic E-state index is 0.490. The molecule has 1 atom stereocenters. The Morgan fingerprint density at radius 1 is 1.20 bits per heavy atom. The second-order valence-electron chi connectivity index (χ2n) is 5.06. The highest BCUT2D eigenvalue weighted by Gasteiger charge is 2.04. The van der Waals surface area contributed by atoms with Gasteiger partial charge in [-0.1, -0.05) is 25.1 Å². The molecule has 0 bridgehead atoms.